The van der Waals surface area contributed by atoms with Crippen LogP contribution in [0.5, 0.6) is 11.5 Å². The zero-order valence-corrected chi connectivity index (χ0v) is 11.3. The average molecular weight is 258 g/mol. The van der Waals surface area contributed by atoms with Gasteiger partial charge in [0.15, 0.2) is 0 Å². The van der Waals surface area contributed by atoms with Crippen LogP contribution in [0.25, 0.3) is 11.3 Å². The topological polar surface area (TPSA) is 36.3 Å². The van der Waals surface area contributed by atoms with Crippen LogP contribution in [0, 0.1) is 0 Å². The summed E-state index contributed by atoms with van der Waals surface area (Å²) in [6, 6.07) is 5.84. The molecule has 1 aliphatic rings. The van der Waals surface area contributed by atoms with E-state index in [9.17, 15) is 0 Å². The lowest BCUT2D eigenvalue weighted by molar-refractivity contribution is 0.395. The van der Waals surface area contributed by atoms with Gasteiger partial charge in [-0.1, -0.05) is 0 Å². The molecule has 0 N–H and O–H groups in total. The highest BCUT2D eigenvalue weighted by molar-refractivity contribution is 5.68. The summed E-state index contributed by atoms with van der Waals surface area (Å²) in [6.07, 6.45) is 5.66. The number of benzene rings is 1. The lowest BCUT2D eigenvalue weighted by Crippen LogP contribution is -2.08. The number of ether oxygens (including phenoxy) is 2. The Morgan fingerprint density at radius 3 is 2.79 bits per heavy atom. The molecule has 4 heteroatoms. The van der Waals surface area contributed by atoms with E-state index in [1.54, 1.807) is 14.2 Å². The van der Waals surface area contributed by atoms with Crippen LogP contribution in [-0.2, 0) is 13.0 Å². The first-order valence-corrected chi connectivity index (χ1v) is 6.60. The first kappa shape index (κ1) is 12.1. The molecule has 0 bridgehead atoms. The Balaban J connectivity index is 2.03. The second-order valence-electron chi connectivity index (χ2n) is 4.76. The Bertz CT molecular complexity index is 566. The first-order chi connectivity index (χ1) is 9.31. The molecule has 1 aromatic carbocycles. The SMILES string of the molecule is COc1ccc(-c2cn3c(n2)CCCC3)c(OC)c1. The fourth-order valence-corrected chi connectivity index (χ4v) is 2.55. The van der Waals surface area contributed by atoms with E-state index in [-0.39, 0.29) is 0 Å². The molecule has 0 radical (unpaired) electrons. The van der Waals surface area contributed by atoms with Gasteiger partial charge in [-0.15, -0.1) is 0 Å². The van der Waals surface area contributed by atoms with Crippen molar-refractivity contribution in [2.24, 2.45) is 0 Å². The number of imidazole rings is 1. The van der Waals surface area contributed by atoms with Crippen molar-refractivity contribution in [1.29, 1.82) is 0 Å². The minimum atomic E-state index is 0.796. The van der Waals surface area contributed by atoms with Crippen LogP contribution in [-0.4, -0.2) is 23.8 Å². The molecule has 0 aliphatic carbocycles. The summed E-state index contributed by atoms with van der Waals surface area (Å²) in [5, 5.41) is 0. The van der Waals surface area contributed by atoms with Crippen LogP contribution in [0.15, 0.2) is 24.4 Å². The number of hydrogen-bond acceptors (Lipinski definition) is 3. The fraction of sp³-hybridized carbons (Fsp3) is 0.400. The predicted molar refractivity (Wildman–Crippen MR) is 73.7 cm³/mol. The number of rotatable bonds is 3. The number of methoxy groups -OCH3 is 2. The zero-order valence-electron chi connectivity index (χ0n) is 11.3. The second kappa shape index (κ2) is 4.96. The monoisotopic (exact) mass is 258 g/mol. The van der Waals surface area contributed by atoms with Gasteiger partial charge in [-0.25, -0.2) is 4.98 Å². The Hall–Kier alpha value is -1.97. The van der Waals surface area contributed by atoms with Crippen molar-refractivity contribution in [2.45, 2.75) is 25.8 Å². The molecular weight excluding hydrogens is 240 g/mol. The second-order valence-corrected chi connectivity index (χ2v) is 4.76. The standard InChI is InChI=1S/C15H18N2O2/c1-18-11-6-7-12(14(9-11)19-2)13-10-17-8-4-3-5-15(17)16-13/h6-7,9-10H,3-5,8H2,1-2H3. The third kappa shape index (κ3) is 2.18. The van der Waals surface area contributed by atoms with Gasteiger partial charge in [-0.3, -0.25) is 0 Å². The van der Waals surface area contributed by atoms with E-state index in [0.29, 0.717) is 0 Å². The van der Waals surface area contributed by atoms with Crippen molar-refractivity contribution in [3.8, 4) is 22.8 Å². The zero-order chi connectivity index (χ0) is 13.2. The van der Waals surface area contributed by atoms with Gasteiger partial charge < -0.3 is 14.0 Å². The summed E-state index contributed by atoms with van der Waals surface area (Å²) in [5.74, 6) is 2.78. The fourth-order valence-electron chi connectivity index (χ4n) is 2.55. The van der Waals surface area contributed by atoms with Gasteiger partial charge in [0.1, 0.15) is 17.3 Å². The first-order valence-electron chi connectivity index (χ1n) is 6.60. The van der Waals surface area contributed by atoms with Crippen molar-refractivity contribution in [3.63, 3.8) is 0 Å². The van der Waals surface area contributed by atoms with Crippen molar-refractivity contribution < 1.29 is 9.47 Å². The van der Waals surface area contributed by atoms with Gasteiger partial charge in [0.25, 0.3) is 0 Å². The van der Waals surface area contributed by atoms with E-state index in [1.165, 1.54) is 18.7 Å². The molecule has 0 atom stereocenters. The number of aromatic nitrogens is 2. The minimum absolute atomic E-state index is 0.796. The molecular formula is C15H18N2O2. The summed E-state index contributed by atoms with van der Waals surface area (Å²) < 4.78 is 12.9. The van der Waals surface area contributed by atoms with Crippen LogP contribution in [0.1, 0.15) is 18.7 Å². The molecule has 0 fully saturated rings. The summed E-state index contributed by atoms with van der Waals surface area (Å²) in [7, 11) is 3.33. The third-order valence-corrected chi connectivity index (χ3v) is 3.59. The highest BCUT2D eigenvalue weighted by Gasteiger charge is 2.16. The molecule has 1 aromatic heterocycles. The molecule has 1 aliphatic heterocycles. The summed E-state index contributed by atoms with van der Waals surface area (Å²) >= 11 is 0. The number of nitrogens with zero attached hydrogens (tertiary/aromatic N) is 2. The van der Waals surface area contributed by atoms with Crippen molar-refractivity contribution in [1.82, 2.24) is 9.55 Å². The molecule has 19 heavy (non-hydrogen) atoms. The Morgan fingerprint density at radius 2 is 2.05 bits per heavy atom. The number of fused-ring (bicyclic) bond motifs is 1. The molecule has 0 unspecified atom stereocenters. The third-order valence-electron chi connectivity index (χ3n) is 3.59. The molecule has 0 spiro atoms. The maximum atomic E-state index is 5.45. The van der Waals surface area contributed by atoms with E-state index in [4.69, 9.17) is 14.5 Å². The maximum absolute atomic E-state index is 5.45. The van der Waals surface area contributed by atoms with Crippen LogP contribution >= 0.6 is 0 Å². The van der Waals surface area contributed by atoms with Gasteiger partial charge in [0.2, 0.25) is 0 Å². The molecule has 4 nitrogen and oxygen atoms in total. The van der Waals surface area contributed by atoms with Crippen LogP contribution in [0.4, 0.5) is 0 Å². The Kier molecular flexibility index (Phi) is 3.15. The molecule has 0 saturated heterocycles. The van der Waals surface area contributed by atoms with Gasteiger partial charge in [0.05, 0.1) is 19.9 Å². The molecule has 100 valence electrons. The van der Waals surface area contributed by atoms with Gasteiger partial charge in [-0.2, -0.15) is 0 Å². The predicted octanol–water partition coefficient (Wildman–Crippen LogP) is 2.90. The van der Waals surface area contributed by atoms with E-state index < -0.39 is 0 Å². The molecule has 0 amide bonds. The van der Waals surface area contributed by atoms with E-state index in [1.807, 2.05) is 18.2 Å². The number of aryl methyl sites for hydroxylation is 2. The lowest BCUT2D eigenvalue weighted by Gasteiger charge is -2.11. The highest BCUT2D eigenvalue weighted by Crippen LogP contribution is 2.33. The van der Waals surface area contributed by atoms with E-state index >= 15 is 0 Å². The molecule has 2 aromatic rings. The Morgan fingerprint density at radius 1 is 1.16 bits per heavy atom. The normalized spacial score (nSPS) is 14.0. The maximum Gasteiger partial charge on any atom is 0.132 e. The number of hydrogen-bond donors (Lipinski definition) is 0. The Labute approximate surface area is 113 Å². The van der Waals surface area contributed by atoms with Crippen LogP contribution in [0.3, 0.4) is 0 Å². The summed E-state index contributed by atoms with van der Waals surface area (Å²) in [5.41, 5.74) is 2.00. The smallest absolute Gasteiger partial charge is 0.132 e. The molecule has 0 saturated carbocycles. The van der Waals surface area contributed by atoms with E-state index in [0.717, 1.165) is 35.7 Å². The van der Waals surface area contributed by atoms with Crippen LogP contribution < -0.4 is 9.47 Å². The summed E-state index contributed by atoms with van der Waals surface area (Å²) in [6.45, 7) is 1.07. The average Bonchev–Trinajstić information content (AvgIpc) is 2.90. The van der Waals surface area contributed by atoms with Crippen molar-refractivity contribution in [2.75, 3.05) is 14.2 Å². The molecule has 2 heterocycles. The van der Waals surface area contributed by atoms with Crippen molar-refractivity contribution in [3.05, 3.63) is 30.2 Å². The van der Waals surface area contributed by atoms with Crippen molar-refractivity contribution >= 4 is 0 Å². The van der Waals surface area contributed by atoms with E-state index in [2.05, 4.69) is 10.8 Å². The van der Waals surface area contributed by atoms with Gasteiger partial charge >= 0.3 is 0 Å². The minimum Gasteiger partial charge on any atom is -0.497 e. The highest BCUT2D eigenvalue weighted by atomic mass is 16.5. The molecule has 3 rings (SSSR count). The van der Waals surface area contributed by atoms with Gasteiger partial charge in [-0.05, 0) is 25.0 Å². The summed E-state index contributed by atoms with van der Waals surface area (Å²) in [4.78, 5) is 4.73. The lowest BCUT2D eigenvalue weighted by atomic mass is 10.1. The quantitative estimate of drug-likeness (QED) is 0.849. The largest absolute Gasteiger partial charge is 0.497 e. The van der Waals surface area contributed by atoms with Crippen LogP contribution in [0.2, 0.25) is 0 Å². The van der Waals surface area contributed by atoms with Gasteiger partial charge in [0, 0.05) is 30.8 Å².